The number of benzene rings is 6. The van der Waals surface area contributed by atoms with Crippen LogP contribution in [0.2, 0.25) is 0 Å². The smallest absolute Gasteiger partial charge is 0.160 e. The Morgan fingerprint density at radius 2 is 1.40 bits per heavy atom. The first-order valence-electron chi connectivity index (χ1n) is 21.0. The maximum absolute atomic E-state index is 6.66. The number of hydrogen-bond donors (Lipinski definition) is 0. The van der Waals surface area contributed by atoms with E-state index in [4.69, 9.17) is 9.41 Å². The van der Waals surface area contributed by atoms with Gasteiger partial charge in [-0.25, -0.2) is 0 Å². The lowest BCUT2D eigenvalue weighted by atomic mass is 9.84. The Balaban J connectivity index is 1.02. The van der Waals surface area contributed by atoms with Gasteiger partial charge in [0.15, 0.2) is 5.58 Å². The molecule has 4 nitrogen and oxygen atoms in total. The van der Waals surface area contributed by atoms with E-state index in [-0.39, 0.29) is 6.17 Å². The Labute approximate surface area is 337 Å². The van der Waals surface area contributed by atoms with Gasteiger partial charge < -0.3 is 13.6 Å². The van der Waals surface area contributed by atoms with Gasteiger partial charge in [0.05, 0.1) is 22.3 Å². The van der Waals surface area contributed by atoms with Gasteiger partial charge in [-0.1, -0.05) is 110 Å². The summed E-state index contributed by atoms with van der Waals surface area (Å²) in [5.74, 6) is 0.494. The number of fused-ring (bicyclic) bond motifs is 10. The second-order valence-corrected chi connectivity index (χ2v) is 16.5. The van der Waals surface area contributed by atoms with Crippen molar-refractivity contribution in [2.75, 3.05) is 0 Å². The fourth-order valence-electron chi connectivity index (χ4n) is 10.4. The van der Waals surface area contributed by atoms with Gasteiger partial charge in [0.25, 0.3) is 0 Å². The standard InChI is InChI=1S/C54H43N3O/c1-34-14-8-9-19-40(34)38-32-47(35-15-4-2-5-16-35)55-52(33-38)57-48-22-12-10-20-41(48)45-30-36(25-29-50(45)57)37-24-28-49-46(31-37)43-26-27-44-42-21-11-13-23-51(42)58-54(44)53(43)56(49)39-17-6-3-7-18-39/h2-9,11,13,15-19,21,23-32,34,52H,10,12,14,20,22,33H2,1H3. The number of allylic oxidation sites excluding steroid dienone is 5. The molecule has 3 aromatic heterocycles. The van der Waals surface area contributed by atoms with Crippen molar-refractivity contribution in [2.45, 2.75) is 51.6 Å². The SMILES string of the molecule is CC1CC=CC=C1C1=CC(c2ccccc2)=NC(n2c3c(c4cc(-c5ccc6c(c5)c5ccc7c8ccccc8oc7c5n6-c5ccccc5)ccc42)CCCC3)C1. The predicted molar refractivity (Wildman–Crippen MR) is 241 cm³/mol. The van der Waals surface area contributed by atoms with Crippen LogP contribution in [-0.2, 0) is 12.8 Å². The van der Waals surface area contributed by atoms with Gasteiger partial charge in [0.2, 0.25) is 0 Å². The summed E-state index contributed by atoms with van der Waals surface area (Å²) in [6.07, 6.45) is 15.9. The average Bonchev–Trinajstić information content (AvgIpc) is 3.94. The van der Waals surface area contributed by atoms with Crippen molar-refractivity contribution >= 4 is 60.4 Å². The Bertz CT molecular complexity index is 3240. The molecule has 0 saturated carbocycles. The van der Waals surface area contributed by atoms with Crippen LogP contribution in [0.25, 0.3) is 71.5 Å². The van der Waals surface area contributed by atoms with Crippen molar-refractivity contribution < 1.29 is 4.42 Å². The topological polar surface area (TPSA) is 35.4 Å². The third kappa shape index (κ3) is 5.17. The second-order valence-electron chi connectivity index (χ2n) is 16.5. The van der Waals surface area contributed by atoms with Gasteiger partial charge in [-0.15, -0.1) is 0 Å². The number of hydrogen-bond acceptors (Lipinski definition) is 2. The van der Waals surface area contributed by atoms with Crippen LogP contribution in [0, 0.1) is 5.92 Å². The van der Waals surface area contributed by atoms with Gasteiger partial charge in [-0.2, -0.15) is 0 Å². The molecule has 9 aromatic rings. The molecule has 0 spiro atoms. The third-order valence-electron chi connectivity index (χ3n) is 13.1. The molecule has 1 aliphatic heterocycles. The fraction of sp³-hybridized carbons (Fsp3) is 0.167. The molecule has 58 heavy (non-hydrogen) atoms. The first kappa shape index (κ1) is 33.5. The average molecular weight is 750 g/mol. The molecule has 4 heterocycles. The van der Waals surface area contributed by atoms with Crippen LogP contribution >= 0.6 is 0 Å². The molecule has 0 amide bonds. The summed E-state index contributed by atoms with van der Waals surface area (Å²) >= 11 is 0. The molecule has 2 atom stereocenters. The first-order chi connectivity index (χ1) is 28.7. The highest BCUT2D eigenvalue weighted by atomic mass is 16.3. The lowest BCUT2D eigenvalue weighted by molar-refractivity contribution is 0.496. The molecular formula is C54H43N3O. The Morgan fingerprint density at radius 1 is 0.655 bits per heavy atom. The molecule has 0 bridgehead atoms. The number of aliphatic imine (C=N–C) groups is 1. The minimum Gasteiger partial charge on any atom is -0.454 e. The maximum atomic E-state index is 6.66. The van der Waals surface area contributed by atoms with E-state index in [1.54, 1.807) is 0 Å². The lowest BCUT2D eigenvalue weighted by Gasteiger charge is -2.29. The first-order valence-corrected chi connectivity index (χ1v) is 21.0. The van der Waals surface area contributed by atoms with E-state index in [2.05, 4.69) is 174 Å². The van der Waals surface area contributed by atoms with Crippen LogP contribution in [0.5, 0.6) is 0 Å². The van der Waals surface area contributed by atoms with Crippen molar-refractivity contribution in [1.29, 1.82) is 0 Å². The molecule has 12 rings (SSSR count). The van der Waals surface area contributed by atoms with Crippen molar-refractivity contribution in [3.05, 3.63) is 186 Å². The largest absolute Gasteiger partial charge is 0.454 e. The highest BCUT2D eigenvalue weighted by Crippen LogP contribution is 2.44. The lowest BCUT2D eigenvalue weighted by Crippen LogP contribution is -2.20. The van der Waals surface area contributed by atoms with Crippen LogP contribution in [0.15, 0.2) is 178 Å². The van der Waals surface area contributed by atoms with Crippen LogP contribution in [0.4, 0.5) is 0 Å². The zero-order valence-electron chi connectivity index (χ0n) is 32.7. The van der Waals surface area contributed by atoms with Gasteiger partial charge in [-0.05, 0) is 126 Å². The summed E-state index contributed by atoms with van der Waals surface area (Å²) in [5.41, 5.74) is 17.2. The summed E-state index contributed by atoms with van der Waals surface area (Å²) in [4.78, 5) is 5.58. The van der Waals surface area contributed by atoms with Crippen molar-refractivity contribution in [1.82, 2.24) is 9.13 Å². The van der Waals surface area contributed by atoms with Crippen molar-refractivity contribution in [3.8, 4) is 16.8 Å². The summed E-state index contributed by atoms with van der Waals surface area (Å²) in [6.45, 7) is 2.36. The molecule has 0 N–H and O–H groups in total. The minimum absolute atomic E-state index is 0.0000338. The van der Waals surface area contributed by atoms with Gasteiger partial charge in [-0.3, -0.25) is 4.99 Å². The quantitative estimate of drug-likeness (QED) is 0.173. The molecule has 2 aliphatic carbocycles. The molecule has 4 heteroatoms. The van der Waals surface area contributed by atoms with Crippen LogP contribution in [0.1, 0.15) is 55.6 Å². The van der Waals surface area contributed by atoms with Crippen LogP contribution < -0.4 is 0 Å². The Hall–Kier alpha value is -6.65. The Kier molecular flexibility index (Phi) is 7.63. The third-order valence-corrected chi connectivity index (χ3v) is 13.1. The fourth-order valence-corrected chi connectivity index (χ4v) is 10.4. The number of furan rings is 1. The number of rotatable bonds is 5. The zero-order chi connectivity index (χ0) is 38.3. The van der Waals surface area contributed by atoms with E-state index in [1.807, 2.05) is 0 Å². The summed E-state index contributed by atoms with van der Waals surface area (Å²) in [6, 6.07) is 48.6. The summed E-state index contributed by atoms with van der Waals surface area (Å²) < 4.78 is 11.7. The van der Waals surface area contributed by atoms with E-state index in [0.717, 1.165) is 64.5 Å². The molecule has 3 aliphatic rings. The normalized spacial score (nSPS) is 18.3. The molecule has 0 radical (unpaired) electrons. The molecule has 0 saturated heterocycles. The molecule has 0 fully saturated rings. The molecular weight excluding hydrogens is 707 g/mol. The van der Waals surface area contributed by atoms with Gasteiger partial charge in [0, 0.05) is 44.7 Å². The molecule has 2 unspecified atom stereocenters. The number of dihydropyridines is 1. The van der Waals surface area contributed by atoms with Gasteiger partial charge in [0.1, 0.15) is 11.7 Å². The number of aromatic nitrogens is 2. The molecule has 280 valence electrons. The number of aryl methyl sites for hydroxylation is 1. The van der Waals surface area contributed by atoms with Crippen molar-refractivity contribution in [2.24, 2.45) is 10.9 Å². The summed E-state index contributed by atoms with van der Waals surface area (Å²) in [7, 11) is 0. The van der Waals surface area contributed by atoms with Crippen LogP contribution in [0.3, 0.4) is 0 Å². The zero-order valence-corrected chi connectivity index (χ0v) is 32.7. The van der Waals surface area contributed by atoms with E-state index >= 15 is 0 Å². The number of nitrogens with zero attached hydrogens (tertiary/aromatic N) is 3. The minimum atomic E-state index is -0.0000338. The van der Waals surface area contributed by atoms with Crippen molar-refractivity contribution in [3.63, 3.8) is 0 Å². The highest BCUT2D eigenvalue weighted by molar-refractivity contribution is 6.22. The van der Waals surface area contributed by atoms with E-state index in [0.29, 0.717) is 5.92 Å². The number of para-hydroxylation sites is 2. The maximum Gasteiger partial charge on any atom is 0.160 e. The monoisotopic (exact) mass is 749 g/mol. The highest BCUT2D eigenvalue weighted by Gasteiger charge is 2.30. The van der Waals surface area contributed by atoms with E-state index in [9.17, 15) is 0 Å². The van der Waals surface area contributed by atoms with Gasteiger partial charge >= 0.3 is 0 Å². The Morgan fingerprint density at radius 3 is 2.24 bits per heavy atom. The van der Waals surface area contributed by atoms with E-state index in [1.165, 1.54) is 79.1 Å². The predicted octanol–water partition coefficient (Wildman–Crippen LogP) is 14.0. The van der Waals surface area contributed by atoms with Crippen LogP contribution in [-0.4, -0.2) is 14.8 Å². The molecule has 6 aromatic carbocycles. The van der Waals surface area contributed by atoms with E-state index < -0.39 is 0 Å². The second kappa shape index (κ2) is 13.2. The summed E-state index contributed by atoms with van der Waals surface area (Å²) in [5, 5.41) is 6.09.